The minimum atomic E-state index is -3.51. The first kappa shape index (κ1) is 13.9. The maximum atomic E-state index is 12.2. The van der Waals surface area contributed by atoms with E-state index in [9.17, 15) is 8.42 Å². The second kappa shape index (κ2) is 5.63. The molecule has 0 aromatic carbocycles. The Hall–Kier alpha value is -0.520. The third-order valence-corrected chi connectivity index (χ3v) is 5.38. The standard InChI is InChI=1S/C12H18ClNO3S/c1-14(9-10-4-2-3-5-10)18(15,16)12-7-6-11(8-13)17-12/h6-7,10H,2-5,8-9H2,1H3. The van der Waals surface area contributed by atoms with E-state index in [-0.39, 0.29) is 11.0 Å². The highest BCUT2D eigenvalue weighted by molar-refractivity contribution is 7.89. The van der Waals surface area contributed by atoms with Crippen LogP contribution in [0.3, 0.4) is 0 Å². The number of sulfonamides is 1. The van der Waals surface area contributed by atoms with E-state index in [1.807, 2.05) is 0 Å². The molecule has 6 heteroatoms. The molecule has 0 aliphatic heterocycles. The Bertz CT molecular complexity index is 491. The van der Waals surface area contributed by atoms with Crippen LogP contribution in [0.15, 0.2) is 21.6 Å². The quantitative estimate of drug-likeness (QED) is 0.784. The molecule has 102 valence electrons. The van der Waals surface area contributed by atoms with E-state index in [1.54, 1.807) is 13.1 Å². The lowest BCUT2D eigenvalue weighted by Gasteiger charge is -2.19. The van der Waals surface area contributed by atoms with Gasteiger partial charge in [0.25, 0.3) is 10.0 Å². The molecular formula is C12H18ClNO3S. The maximum Gasteiger partial charge on any atom is 0.276 e. The van der Waals surface area contributed by atoms with Crippen molar-refractivity contribution < 1.29 is 12.8 Å². The van der Waals surface area contributed by atoms with Crippen LogP contribution in [0.5, 0.6) is 0 Å². The van der Waals surface area contributed by atoms with Gasteiger partial charge in [0, 0.05) is 13.6 Å². The molecule has 1 heterocycles. The molecule has 1 aromatic heterocycles. The van der Waals surface area contributed by atoms with Gasteiger partial charge in [-0.1, -0.05) is 12.8 Å². The molecule has 0 spiro atoms. The molecule has 18 heavy (non-hydrogen) atoms. The summed E-state index contributed by atoms with van der Waals surface area (Å²) >= 11 is 5.61. The van der Waals surface area contributed by atoms with E-state index >= 15 is 0 Å². The molecule has 1 aliphatic carbocycles. The fraction of sp³-hybridized carbons (Fsp3) is 0.667. The average Bonchev–Trinajstić information content (AvgIpc) is 2.99. The highest BCUT2D eigenvalue weighted by Gasteiger charge is 2.27. The predicted molar refractivity (Wildman–Crippen MR) is 70.0 cm³/mol. The van der Waals surface area contributed by atoms with Crippen molar-refractivity contribution in [2.45, 2.75) is 36.7 Å². The van der Waals surface area contributed by atoms with Gasteiger partial charge in [-0.05, 0) is 30.9 Å². The van der Waals surface area contributed by atoms with E-state index in [0.29, 0.717) is 18.2 Å². The highest BCUT2D eigenvalue weighted by atomic mass is 35.5. The number of alkyl halides is 1. The lowest BCUT2D eigenvalue weighted by Crippen LogP contribution is -2.31. The first-order valence-corrected chi connectivity index (χ1v) is 8.12. The minimum absolute atomic E-state index is 0.0151. The molecule has 0 unspecified atom stereocenters. The van der Waals surface area contributed by atoms with Crippen molar-refractivity contribution >= 4 is 21.6 Å². The van der Waals surface area contributed by atoms with E-state index in [2.05, 4.69) is 0 Å². The second-order valence-corrected chi connectivity index (χ2v) is 7.03. The molecular weight excluding hydrogens is 274 g/mol. The fourth-order valence-corrected chi connectivity index (χ4v) is 3.69. The highest BCUT2D eigenvalue weighted by Crippen LogP contribution is 2.27. The van der Waals surface area contributed by atoms with Crippen molar-refractivity contribution in [1.82, 2.24) is 4.31 Å². The molecule has 4 nitrogen and oxygen atoms in total. The Labute approximate surface area is 113 Å². The van der Waals surface area contributed by atoms with Crippen molar-refractivity contribution in [3.05, 3.63) is 17.9 Å². The Morgan fingerprint density at radius 3 is 2.61 bits per heavy atom. The largest absolute Gasteiger partial charge is 0.447 e. The number of hydrogen-bond acceptors (Lipinski definition) is 3. The molecule has 1 aromatic rings. The predicted octanol–water partition coefficient (Wildman–Crippen LogP) is 2.83. The summed E-state index contributed by atoms with van der Waals surface area (Å²) < 4.78 is 31.1. The van der Waals surface area contributed by atoms with Crippen molar-refractivity contribution in [3.8, 4) is 0 Å². The summed E-state index contributed by atoms with van der Waals surface area (Å²) in [5, 5.41) is -0.0151. The Morgan fingerprint density at radius 1 is 1.39 bits per heavy atom. The SMILES string of the molecule is CN(CC1CCCC1)S(=O)(=O)c1ccc(CCl)o1. The van der Waals surface area contributed by atoms with Gasteiger partial charge >= 0.3 is 0 Å². The third-order valence-electron chi connectivity index (χ3n) is 3.42. The molecule has 2 rings (SSSR count). The van der Waals surface area contributed by atoms with Crippen LogP contribution in [0.4, 0.5) is 0 Å². The van der Waals surface area contributed by atoms with Gasteiger partial charge in [0.15, 0.2) is 0 Å². The van der Waals surface area contributed by atoms with Crippen LogP contribution in [0.2, 0.25) is 0 Å². The third kappa shape index (κ3) is 2.90. The van der Waals surface area contributed by atoms with E-state index in [1.165, 1.54) is 23.2 Å². The molecule has 1 saturated carbocycles. The zero-order valence-corrected chi connectivity index (χ0v) is 12.0. The summed E-state index contributed by atoms with van der Waals surface area (Å²) in [5.74, 6) is 1.14. The molecule has 1 fully saturated rings. The summed E-state index contributed by atoms with van der Waals surface area (Å²) in [5.41, 5.74) is 0. The van der Waals surface area contributed by atoms with Crippen LogP contribution >= 0.6 is 11.6 Å². The maximum absolute atomic E-state index is 12.2. The van der Waals surface area contributed by atoms with Crippen molar-refractivity contribution in [3.63, 3.8) is 0 Å². The normalized spacial score (nSPS) is 17.7. The average molecular weight is 292 g/mol. The molecule has 0 N–H and O–H groups in total. The van der Waals surface area contributed by atoms with Gasteiger partial charge in [-0.15, -0.1) is 11.6 Å². The Morgan fingerprint density at radius 2 is 2.06 bits per heavy atom. The van der Waals surface area contributed by atoms with Crippen molar-refractivity contribution in [1.29, 1.82) is 0 Å². The summed E-state index contributed by atoms with van der Waals surface area (Å²) in [7, 11) is -1.90. The first-order chi connectivity index (χ1) is 8.54. The number of furan rings is 1. The summed E-state index contributed by atoms with van der Waals surface area (Å²) in [6.07, 6.45) is 4.64. The zero-order valence-electron chi connectivity index (χ0n) is 10.4. The van der Waals surface area contributed by atoms with Gasteiger partial charge in [-0.2, -0.15) is 4.31 Å². The topological polar surface area (TPSA) is 50.5 Å². The smallest absolute Gasteiger partial charge is 0.276 e. The Kier molecular flexibility index (Phi) is 4.35. The number of rotatable bonds is 5. The van der Waals surface area contributed by atoms with Crippen LogP contribution in [-0.2, 0) is 15.9 Å². The lowest BCUT2D eigenvalue weighted by molar-refractivity contribution is 0.362. The van der Waals surface area contributed by atoms with Crippen molar-refractivity contribution in [2.75, 3.05) is 13.6 Å². The van der Waals surface area contributed by atoms with Crippen LogP contribution in [-0.4, -0.2) is 26.3 Å². The molecule has 1 aliphatic rings. The monoisotopic (exact) mass is 291 g/mol. The summed E-state index contributed by atoms with van der Waals surface area (Å²) in [6, 6.07) is 3.07. The van der Waals surface area contributed by atoms with Crippen LogP contribution in [0, 0.1) is 5.92 Å². The van der Waals surface area contributed by atoms with Crippen LogP contribution in [0.1, 0.15) is 31.4 Å². The van der Waals surface area contributed by atoms with Crippen molar-refractivity contribution in [2.24, 2.45) is 5.92 Å². The van der Waals surface area contributed by atoms with Gasteiger partial charge in [0.05, 0.1) is 5.88 Å². The lowest BCUT2D eigenvalue weighted by atomic mass is 10.1. The molecule has 0 bridgehead atoms. The van der Waals surface area contributed by atoms with E-state index in [4.69, 9.17) is 16.0 Å². The number of hydrogen-bond donors (Lipinski definition) is 0. The van der Waals surface area contributed by atoms with Gasteiger partial charge in [-0.3, -0.25) is 0 Å². The summed E-state index contributed by atoms with van der Waals surface area (Å²) in [4.78, 5) is 0. The minimum Gasteiger partial charge on any atom is -0.447 e. The van der Waals surface area contributed by atoms with Crippen LogP contribution < -0.4 is 0 Å². The molecule has 0 radical (unpaired) electrons. The van der Waals surface area contributed by atoms with Gasteiger partial charge < -0.3 is 4.42 Å². The number of halogens is 1. The summed E-state index contributed by atoms with van der Waals surface area (Å²) in [6.45, 7) is 0.569. The second-order valence-electron chi connectivity index (χ2n) is 4.79. The number of nitrogens with zero attached hydrogens (tertiary/aromatic N) is 1. The van der Waals surface area contributed by atoms with Gasteiger partial charge in [-0.25, -0.2) is 8.42 Å². The zero-order chi connectivity index (χ0) is 13.2. The molecule has 0 amide bonds. The fourth-order valence-electron chi connectivity index (χ4n) is 2.38. The van der Waals surface area contributed by atoms with E-state index in [0.717, 1.165) is 12.8 Å². The van der Waals surface area contributed by atoms with E-state index < -0.39 is 10.0 Å². The Balaban J connectivity index is 2.09. The van der Waals surface area contributed by atoms with Gasteiger partial charge in [0.2, 0.25) is 5.09 Å². The first-order valence-electron chi connectivity index (χ1n) is 6.15. The van der Waals surface area contributed by atoms with Gasteiger partial charge in [0.1, 0.15) is 5.76 Å². The van der Waals surface area contributed by atoms with Crippen LogP contribution in [0.25, 0.3) is 0 Å². The molecule has 0 saturated heterocycles. The molecule has 0 atom stereocenters.